The van der Waals surface area contributed by atoms with E-state index in [0.717, 1.165) is 11.3 Å². The number of thioether (sulfide) groups is 1. The van der Waals surface area contributed by atoms with Gasteiger partial charge in [0, 0.05) is 30.9 Å². The van der Waals surface area contributed by atoms with Crippen LogP contribution in [-0.4, -0.2) is 26.1 Å². The second-order valence-corrected chi connectivity index (χ2v) is 9.44. The fourth-order valence-corrected chi connectivity index (χ4v) is 4.33. The molecule has 2 aromatic carbocycles. The highest BCUT2D eigenvalue weighted by molar-refractivity contribution is 7.99. The molecular weight excluding hydrogens is 384 g/mol. The van der Waals surface area contributed by atoms with E-state index >= 15 is 0 Å². The van der Waals surface area contributed by atoms with Crippen molar-refractivity contribution in [1.29, 1.82) is 0 Å². The lowest BCUT2D eigenvalue weighted by molar-refractivity contribution is 0.563. The minimum Gasteiger partial charge on any atom is -0.378 e. The molecular formula is C27H40N2S. The van der Waals surface area contributed by atoms with E-state index in [1.165, 1.54) is 80.5 Å². The van der Waals surface area contributed by atoms with Gasteiger partial charge in [0.1, 0.15) is 0 Å². The summed E-state index contributed by atoms with van der Waals surface area (Å²) in [4.78, 5) is 8.06. The predicted octanol–water partition coefficient (Wildman–Crippen LogP) is 8.52. The van der Waals surface area contributed by atoms with Crippen molar-refractivity contribution in [2.24, 2.45) is 4.99 Å². The van der Waals surface area contributed by atoms with Crippen molar-refractivity contribution in [3.8, 4) is 0 Å². The Kier molecular flexibility index (Phi) is 12.4. The van der Waals surface area contributed by atoms with Crippen LogP contribution < -0.4 is 4.90 Å². The van der Waals surface area contributed by atoms with Crippen molar-refractivity contribution in [2.45, 2.75) is 76.0 Å². The molecule has 164 valence electrons. The number of hydrogen-bond acceptors (Lipinski definition) is 3. The van der Waals surface area contributed by atoms with Crippen LogP contribution in [0.1, 0.15) is 76.7 Å². The number of unbranched alkanes of at least 4 members (excludes halogenated alkanes) is 9. The van der Waals surface area contributed by atoms with E-state index in [4.69, 9.17) is 0 Å². The normalized spacial score (nSPS) is 11.3. The van der Waals surface area contributed by atoms with Gasteiger partial charge >= 0.3 is 0 Å². The molecule has 0 aromatic heterocycles. The van der Waals surface area contributed by atoms with Crippen molar-refractivity contribution < 1.29 is 0 Å². The molecule has 2 nitrogen and oxygen atoms in total. The van der Waals surface area contributed by atoms with Gasteiger partial charge in [0.25, 0.3) is 0 Å². The van der Waals surface area contributed by atoms with Crippen LogP contribution in [0.15, 0.2) is 58.4 Å². The summed E-state index contributed by atoms with van der Waals surface area (Å²) in [6.07, 6.45) is 15.9. The molecule has 0 saturated carbocycles. The monoisotopic (exact) mass is 424 g/mol. The van der Waals surface area contributed by atoms with Crippen molar-refractivity contribution >= 4 is 29.4 Å². The van der Waals surface area contributed by atoms with E-state index in [1.807, 2.05) is 18.0 Å². The van der Waals surface area contributed by atoms with Crippen LogP contribution in [0.5, 0.6) is 0 Å². The van der Waals surface area contributed by atoms with Crippen LogP contribution in [-0.2, 0) is 0 Å². The van der Waals surface area contributed by atoms with E-state index in [9.17, 15) is 0 Å². The zero-order chi connectivity index (χ0) is 21.4. The van der Waals surface area contributed by atoms with Crippen molar-refractivity contribution in [3.05, 3.63) is 54.1 Å². The Morgan fingerprint density at radius 3 is 1.87 bits per heavy atom. The molecule has 0 aliphatic rings. The highest BCUT2D eigenvalue weighted by atomic mass is 32.2. The molecule has 0 fully saturated rings. The maximum Gasteiger partial charge on any atom is 0.0630 e. The average molecular weight is 425 g/mol. The largest absolute Gasteiger partial charge is 0.378 e. The topological polar surface area (TPSA) is 15.6 Å². The van der Waals surface area contributed by atoms with Crippen molar-refractivity contribution in [3.63, 3.8) is 0 Å². The molecule has 2 aromatic rings. The molecule has 0 saturated heterocycles. The maximum atomic E-state index is 4.61. The third-order valence-corrected chi connectivity index (χ3v) is 6.47. The number of nitrogens with zero attached hydrogens (tertiary/aromatic N) is 2. The smallest absolute Gasteiger partial charge is 0.0630 e. The van der Waals surface area contributed by atoms with Gasteiger partial charge < -0.3 is 4.90 Å². The summed E-state index contributed by atoms with van der Waals surface area (Å²) < 4.78 is 0. The minimum absolute atomic E-state index is 1.01. The third-order valence-electron chi connectivity index (χ3n) is 5.38. The van der Waals surface area contributed by atoms with Crippen LogP contribution in [0.4, 0.5) is 11.4 Å². The zero-order valence-corrected chi connectivity index (χ0v) is 20.1. The van der Waals surface area contributed by atoms with Gasteiger partial charge in [-0.05, 0) is 54.1 Å². The Bertz CT molecular complexity index is 705. The van der Waals surface area contributed by atoms with Gasteiger partial charge in [-0.2, -0.15) is 0 Å². The molecule has 3 heteroatoms. The highest BCUT2D eigenvalue weighted by Crippen LogP contribution is 2.23. The molecule has 0 aliphatic carbocycles. The standard InChI is InChI=1S/C27H40N2S/c1-4-5-6-7-8-9-10-11-12-13-22-30-27-20-16-25(17-21-27)28-23-24-14-18-26(19-15-24)29(2)3/h14-21,23H,4-13,22H2,1-3H3. The molecule has 0 N–H and O–H groups in total. The number of hydrogen-bond donors (Lipinski definition) is 0. The lowest BCUT2D eigenvalue weighted by atomic mass is 10.1. The molecule has 0 unspecified atom stereocenters. The van der Waals surface area contributed by atoms with E-state index in [2.05, 4.69) is 79.4 Å². The second-order valence-electron chi connectivity index (χ2n) is 8.27. The number of anilines is 1. The average Bonchev–Trinajstić information content (AvgIpc) is 2.77. The summed E-state index contributed by atoms with van der Waals surface area (Å²) in [5, 5.41) is 0. The van der Waals surface area contributed by atoms with Gasteiger partial charge in [0.15, 0.2) is 0 Å². The van der Waals surface area contributed by atoms with Gasteiger partial charge in [0.05, 0.1) is 5.69 Å². The van der Waals surface area contributed by atoms with Crippen LogP contribution in [0.3, 0.4) is 0 Å². The maximum absolute atomic E-state index is 4.61. The summed E-state index contributed by atoms with van der Waals surface area (Å²) in [5.74, 6) is 1.22. The Hall–Kier alpha value is -1.74. The third kappa shape index (κ3) is 10.3. The molecule has 0 radical (unpaired) electrons. The molecule has 2 rings (SSSR count). The summed E-state index contributed by atoms with van der Waals surface area (Å²) >= 11 is 1.97. The zero-order valence-electron chi connectivity index (χ0n) is 19.3. The Balaban J connectivity index is 1.58. The molecule has 0 spiro atoms. The second kappa shape index (κ2) is 15.1. The lowest BCUT2D eigenvalue weighted by Gasteiger charge is -2.11. The first kappa shape index (κ1) is 24.5. The van der Waals surface area contributed by atoms with Gasteiger partial charge in [-0.1, -0.05) is 76.8 Å². The van der Waals surface area contributed by atoms with Gasteiger partial charge in [-0.25, -0.2) is 0 Å². The van der Waals surface area contributed by atoms with Crippen LogP contribution in [0.2, 0.25) is 0 Å². The molecule has 0 aliphatic heterocycles. The predicted molar refractivity (Wildman–Crippen MR) is 137 cm³/mol. The first-order chi connectivity index (χ1) is 14.7. The summed E-state index contributed by atoms with van der Waals surface area (Å²) in [5.41, 5.74) is 3.34. The van der Waals surface area contributed by atoms with Crippen molar-refractivity contribution in [1.82, 2.24) is 0 Å². The van der Waals surface area contributed by atoms with E-state index < -0.39 is 0 Å². The molecule has 0 atom stereocenters. The first-order valence-electron chi connectivity index (χ1n) is 11.7. The Morgan fingerprint density at radius 1 is 0.733 bits per heavy atom. The molecule has 0 bridgehead atoms. The number of aliphatic imine (C=N–C) groups is 1. The SMILES string of the molecule is CCCCCCCCCCCCSc1ccc(N=Cc2ccc(N(C)C)cc2)cc1. The van der Waals surface area contributed by atoms with Gasteiger partial charge in [-0.3, -0.25) is 4.99 Å². The fourth-order valence-electron chi connectivity index (χ4n) is 3.42. The summed E-state index contributed by atoms with van der Waals surface area (Å²) in [7, 11) is 4.11. The van der Waals surface area contributed by atoms with Gasteiger partial charge in [0.2, 0.25) is 0 Å². The molecule has 0 amide bonds. The number of rotatable bonds is 15. The van der Waals surface area contributed by atoms with E-state index in [1.54, 1.807) is 0 Å². The number of benzene rings is 2. The Labute approximate surface area is 189 Å². The highest BCUT2D eigenvalue weighted by Gasteiger charge is 1.97. The van der Waals surface area contributed by atoms with Crippen LogP contribution in [0, 0.1) is 0 Å². The summed E-state index contributed by atoms with van der Waals surface area (Å²) in [6.45, 7) is 2.28. The quantitative estimate of drug-likeness (QED) is 0.162. The fraction of sp³-hybridized carbons (Fsp3) is 0.519. The van der Waals surface area contributed by atoms with Crippen LogP contribution >= 0.6 is 11.8 Å². The molecule has 0 heterocycles. The lowest BCUT2D eigenvalue weighted by Crippen LogP contribution is -2.08. The summed E-state index contributed by atoms with van der Waals surface area (Å²) in [6, 6.07) is 17.1. The van der Waals surface area contributed by atoms with Gasteiger partial charge in [-0.15, -0.1) is 11.8 Å². The van der Waals surface area contributed by atoms with E-state index in [-0.39, 0.29) is 0 Å². The Morgan fingerprint density at radius 2 is 1.30 bits per heavy atom. The van der Waals surface area contributed by atoms with E-state index in [0.29, 0.717) is 0 Å². The van der Waals surface area contributed by atoms with Crippen molar-refractivity contribution in [2.75, 3.05) is 24.7 Å². The molecule has 30 heavy (non-hydrogen) atoms. The first-order valence-corrected chi connectivity index (χ1v) is 12.7. The van der Waals surface area contributed by atoms with Crippen LogP contribution in [0.25, 0.3) is 0 Å². The minimum atomic E-state index is 1.01.